The average Bonchev–Trinajstić information content (AvgIpc) is 2.37. The zero-order valence-electron chi connectivity index (χ0n) is 13.5. The summed E-state index contributed by atoms with van der Waals surface area (Å²) in [6.07, 6.45) is 5.13. The normalized spacial score (nSPS) is 11.4. The fourth-order valence-corrected chi connectivity index (χ4v) is 2.26. The third-order valence-electron chi connectivity index (χ3n) is 3.47. The number of unbranched alkanes of at least 4 members (excludes halogenated alkanes) is 2. The van der Waals surface area contributed by atoms with Gasteiger partial charge in [-0.15, -0.1) is 0 Å². The molecule has 0 heterocycles. The van der Waals surface area contributed by atoms with E-state index in [1.807, 2.05) is 25.1 Å². The van der Waals surface area contributed by atoms with Crippen molar-refractivity contribution in [3.8, 4) is 5.75 Å². The smallest absolute Gasteiger partial charge is 0.123 e. The van der Waals surface area contributed by atoms with Gasteiger partial charge < -0.3 is 15.8 Å². The maximum atomic E-state index is 5.91. The van der Waals surface area contributed by atoms with E-state index in [2.05, 4.69) is 26.1 Å². The maximum Gasteiger partial charge on any atom is 0.123 e. The van der Waals surface area contributed by atoms with Crippen LogP contribution in [0.1, 0.15) is 53.4 Å². The third kappa shape index (κ3) is 6.18. The molecule has 0 saturated heterocycles. The Labute approximate surface area is 123 Å². The Bertz CT molecular complexity index is 402. The fourth-order valence-electron chi connectivity index (χ4n) is 2.26. The SMILES string of the molecule is CCCCCC(C)(C)CNc1cc(N)cc(OCC)c1. The first-order chi connectivity index (χ1) is 9.46. The predicted molar refractivity (Wildman–Crippen MR) is 88.4 cm³/mol. The van der Waals surface area contributed by atoms with Gasteiger partial charge in [0.05, 0.1) is 6.61 Å². The van der Waals surface area contributed by atoms with Gasteiger partial charge in [-0.2, -0.15) is 0 Å². The zero-order chi connectivity index (χ0) is 15.0. The van der Waals surface area contributed by atoms with Crippen molar-refractivity contribution in [1.29, 1.82) is 0 Å². The minimum atomic E-state index is 0.297. The molecule has 0 atom stereocenters. The van der Waals surface area contributed by atoms with Crippen molar-refractivity contribution >= 4 is 11.4 Å². The van der Waals surface area contributed by atoms with Crippen LogP contribution in [-0.2, 0) is 0 Å². The van der Waals surface area contributed by atoms with E-state index in [4.69, 9.17) is 10.5 Å². The summed E-state index contributed by atoms with van der Waals surface area (Å²) in [5, 5.41) is 3.49. The lowest BCUT2D eigenvalue weighted by Crippen LogP contribution is -2.23. The van der Waals surface area contributed by atoms with E-state index in [0.717, 1.165) is 23.7 Å². The number of hydrogen-bond donors (Lipinski definition) is 2. The van der Waals surface area contributed by atoms with E-state index in [9.17, 15) is 0 Å². The molecule has 0 aliphatic heterocycles. The second-order valence-corrected chi connectivity index (χ2v) is 6.20. The van der Waals surface area contributed by atoms with Crippen LogP contribution in [-0.4, -0.2) is 13.2 Å². The van der Waals surface area contributed by atoms with Crippen LogP contribution in [0.15, 0.2) is 18.2 Å². The molecule has 0 aliphatic rings. The lowest BCUT2D eigenvalue weighted by atomic mass is 9.87. The molecular weight excluding hydrogens is 248 g/mol. The highest BCUT2D eigenvalue weighted by molar-refractivity contribution is 5.59. The highest BCUT2D eigenvalue weighted by Gasteiger charge is 2.17. The molecule has 0 spiro atoms. The van der Waals surface area contributed by atoms with Crippen LogP contribution in [0.5, 0.6) is 5.75 Å². The second kappa shape index (κ2) is 8.03. The summed E-state index contributed by atoms with van der Waals surface area (Å²) >= 11 is 0. The number of ether oxygens (including phenoxy) is 1. The summed E-state index contributed by atoms with van der Waals surface area (Å²) in [6, 6.07) is 5.84. The summed E-state index contributed by atoms with van der Waals surface area (Å²) in [5.41, 5.74) is 7.98. The van der Waals surface area contributed by atoms with Crippen molar-refractivity contribution in [2.24, 2.45) is 5.41 Å². The second-order valence-electron chi connectivity index (χ2n) is 6.20. The predicted octanol–water partition coefficient (Wildman–Crippen LogP) is 4.69. The van der Waals surface area contributed by atoms with Crippen molar-refractivity contribution in [1.82, 2.24) is 0 Å². The molecule has 0 aliphatic carbocycles. The number of anilines is 2. The van der Waals surface area contributed by atoms with Gasteiger partial charge in [-0.3, -0.25) is 0 Å². The van der Waals surface area contributed by atoms with Crippen LogP contribution in [0.4, 0.5) is 11.4 Å². The van der Waals surface area contributed by atoms with Crippen LogP contribution in [0.3, 0.4) is 0 Å². The highest BCUT2D eigenvalue weighted by atomic mass is 16.5. The molecule has 1 aromatic carbocycles. The molecule has 1 rings (SSSR count). The van der Waals surface area contributed by atoms with E-state index in [1.54, 1.807) is 0 Å². The van der Waals surface area contributed by atoms with Gasteiger partial charge in [0.2, 0.25) is 0 Å². The summed E-state index contributed by atoms with van der Waals surface area (Å²) in [5.74, 6) is 0.832. The van der Waals surface area contributed by atoms with Gasteiger partial charge >= 0.3 is 0 Å². The third-order valence-corrected chi connectivity index (χ3v) is 3.47. The Morgan fingerprint density at radius 1 is 1.15 bits per heavy atom. The number of benzene rings is 1. The molecule has 0 bridgehead atoms. The first kappa shape index (κ1) is 16.7. The maximum absolute atomic E-state index is 5.91. The van der Waals surface area contributed by atoms with E-state index in [0.29, 0.717) is 12.0 Å². The summed E-state index contributed by atoms with van der Waals surface area (Å²) in [7, 11) is 0. The largest absolute Gasteiger partial charge is 0.494 e. The van der Waals surface area contributed by atoms with Crippen molar-refractivity contribution in [3.05, 3.63) is 18.2 Å². The van der Waals surface area contributed by atoms with E-state index < -0.39 is 0 Å². The van der Waals surface area contributed by atoms with Gasteiger partial charge in [0.15, 0.2) is 0 Å². The standard InChI is InChI=1S/C17H30N2O/c1-5-7-8-9-17(3,4)13-19-15-10-14(18)11-16(12-15)20-6-2/h10-12,19H,5-9,13,18H2,1-4H3. The lowest BCUT2D eigenvalue weighted by Gasteiger charge is -2.25. The van der Waals surface area contributed by atoms with Crippen LogP contribution in [0.2, 0.25) is 0 Å². The molecule has 0 fully saturated rings. The molecule has 0 amide bonds. The first-order valence-electron chi connectivity index (χ1n) is 7.74. The van der Waals surface area contributed by atoms with Gasteiger partial charge in [0, 0.05) is 30.1 Å². The number of nitrogens with two attached hydrogens (primary N) is 1. The molecule has 0 aromatic heterocycles. The number of rotatable bonds is 9. The Hall–Kier alpha value is -1.38. The van der Waals surface area contributed by atoms with Crippen molar-refractivity contribution < 1.29 is 4.74 Å². The summed E-state index contributed by atoms with van der Waals surface area (Å²) in [4.78, 5) is 0. The number of nitrogen functional groups attached to an aromatic ring is 1. The Morgan fingerprint density at radius 2 is 1.90 bits per heavy atom. The van der Waals surface area contributed by atoms with Gasteiger partial charge in [0.1, 0.15) is 5.75 Å². The molecule has 3 heteroatoms. The molecule has 3 N–H and O–H groups in total. The van der Waals surface area contributed by atoms with Gasteiger partial charge in [-0.05, 0) is 24.8 Å². The van der Waals surface area contributed by atoms with E-state index in [-0.39, 0.29) is 0 Å². The lowest BCUT2D eigenvalue weighted by molar-refractivity contribution is 0.338. The van der Waals surface area contributed by atoms with Crippen LogP contribution < -0.4 is 15.8 Å². The molecule has 0 radical (unpaired) electrons. The molecule has 1 aromatic rings. The molecule has 0 unspecified atom stereocenters. The number of hydrogen-bond acceptors (Lipinski definition) is 3. The minimum Gasteiger partial charge on any atom is -0.494 e. The Morgan fingerprint density at radius 3 is 2.55 bits per heavy atom. The van der Waals surface area contributed by atoms with E-state index >= 15 is 0 Å². The van der Waals surface area contributed by atoms with Crippen molar-refractivity contribution in [2.45, 2.75) is 53.4 Å². The first-order valence-corrected chi connectivity index (χ1v) is 7.74. The minimum absolute atomic E-state index is 0.297. The van der Waals surface area contributed by atoms with Crippen LogP contribution in [0, 0.1) is 5.41 Å². The zero-order valence-corrected chi connectivity index (χ0v) is 13.5. The molecule has 20 heavy (non-hydrogen) atoms. The molecule has 0 saturated carbocycles. The van der Waals surface area contributed by atoms with Crippen LogP contribution >= 0.6 is 0 Å². The highest BCUT2D eigenvalue weighted by Crippen LogP contribution is 2.27. The van der Waals surface area contributed by atoms with E-state index in [1.165, 1.54) is 25.7 Å². The van der Waals surface area contributed by atoms with Gasteiger partial charge in [0.25, 0.3) is 0 Å². The quantitative estimate of drug-likeness (QED) is 0.509. The summed E-state index contributed by atoms with van der Waals surface area (Å²) in [6.45, 7) is 10.5. The molecule has 114 valence electrons. The van der Waals surface area contributed by atoms with Crippen LogP contribution in [0.25, 0.3) is 0 Å². The van der Waals surface area contributed by atoms with Gasteiger partial charge in [-0.1, -0.05) is 40.0 Å². The Balaban J connectivity index is 2.55. The van der Waals surface area contributed by atoms with Crippen molar-refractivity contribution in [3.63, 3.8) is 0 Å². The molecular formula is C17H30N2O. The fraction of sp³-hybridized carbons (Fsp3) is 0.647. The van der Waals surface area contributed by atoms with Gasteiger partial charge in [-0.25, -0.2) is 0 Å². The Kier molecular flexibility index (Phi) is 6.69. The number of nitrogens with one attached hydrogen (secondary N) is 1. The monoisotopic (exact) mass is 278 g/mol. The molecule has 3 nitrogen and oxygen atoms in total. The van der Waals surface area contributed by atoms with Crippen molar-refractivity contribution in [2.75, 3.05) is 24.2 Å². The topological polar surface area (TPSA) is 47.3 Å². The average molecular weight is 278 g/mol. The summed E-state index contributed by atoms with van der Waals surface area (Å²) < 4.78 is 5.52.